The van der Waals surface area contributed by atoms with E-state index in [1.165, 1.54) is 0 Å². The molecular formula is C20H23N5O3S. The van der Waals surface area contributed by atoms with Gasteiger partial charge in [-0.2, -0.15) is 0 Å². The summed E-state index contributed by atoms with van der Waals surface area (Å²) < 4.78 is 2.16. The van der Waals surface area contributed by atoms with Crippen LogP contribution in [-0.4, -0.2) is 81.2 Å². The van der Waals surface area contributed by atoms with E-state index < -0.39 is 11.8 Å². The highest BCUT2D eigenvalue weighted by atomic mass is 32.1. The summed E-state index contributed by atoms with van der Waals surface area (Å²) in [6.07, 6.45) is 3.51. The molecule has 0 radical (unpaired) electrons. The highest BCUT2D eigenvalue weighted by Crippen LogP contribution is 2.16. The molecule has 0 bridgehead atoms. The number of hydrogen-bond acceptors (Lipinski definition) is 4. The third-order valence-corrected chi connectivity index (χ3v) is 5.74. The number of hydrogen-bond donors (Lipinski definition) is 1. The molecule has 1 aromatic carbocycles. The molecule has 4 rings (SSSR count). The minimum Gasteiger partial charge on any atom is -0.336 e. The summed E-state index contributed by atoms with van der Waals surface area (Å²) in [5.41, 5.74) is 1.27. The Hall–Kier alpha value is -2.94. The summed E-state index contributed by atoms with van der Waals surface area (Å²) in [7, 11) is 0. The van der Waals surface area contributed by atoms with E-state index in [1.54, 1.807) is 25.5 Å². The predicted octanol–water partition coefficient (Wildman–Crippen LogP) is 1.44. The molecule has 2 aliphatic heterocycles. The highest BCUT2D eigenvalue weighted by molar-refractivity contribution is 7.71. The zero-order chi connectivity index (χ0) is 20.4. The maximum atomic E-state index is 13.1. The first-order valence-electron chi connectivity index (χ1n) is 9.79. The topological polar surface area (TPSA) is 81.6 Å². The number of para-hydroxylation sites is 1. The van der Waals surface area contributed by atoms with Gasteiger partial charge in [0.05, 0.1) is 0 Å². The lowest BCUT2D eigenvalue weighted by atomic mass is 10.2. The Bertz CT molecular complexity index is 970. The number of aromatic amines is 1. The van der Waals surface area contributed by atoms with Crippen molar-refractivity contribution in [3.8, 4) is 5.69 Å². The van der Waals surface area contributed by atoms with Gasteiger partial charge in [-0.3, -0.25) is 19.0 Å². The molecule has 152 valence electrons. The van der Waals surface area contributed by atoms with Gasteiger partial charge in [0, 0.05) is 51.2 Å². The van der Waals surface area contributed by atoms with Crippen molar-refractivity contribution in [2.45, 2.75) is 12.8 Å². The Labute approximate surface area is 173 Å². The molecule has 8 nitrogen and oxygen atoms in total. The number of H-pyrrole nitrogens is 1. The van der Waals surface area contributed by atoms with Gasteiger partial charge in [0.1, 0.15) is 5.69 Å². The lowest BCUT2D eigenvalue weighted by Gasteiger charge is -2.35. The number of nitrogens with one attached hydrogen (secondary N) is 1. The van der Waals surface area contributed by atoms with Crippen LogP contribution in [0.1, 0.15) is 23.3 Å². The zero-order valence-corrected chi connectivity index (χ0v) is 16.9. The lowest BCUT2D eigenvalue weighted by Crippen LogP contribution is -2.54. The number of piperazine rings is 1. The van der Waals surface area contributed by atoms with Crippen molar-refractivity contribution in [1.82, 2.24) is 24.3 Å². The summed E-state index contributed by atoms with van der Waals surface area (Å²) in [5, 5.41) is 0. The largest absolute Gasteiger partial charge is 0.336 e. The highest BCUT2D eigenvalue weighted by Gasteiger charge is 2.32. The number of likely N-dealkylation sites (tertiary alicyclic amines) is 1. The van der Waals surface area contributed by atoms with Crippen molar-refractivity contribution < 1.29 is 14.4 Å². The van der Waals surface area contributed by atoms with Gasteiger partial charge in [-0.1, -0.05) is 18.2 Å². The number of imidazole rings is 1. The molecule has 0 unspecified atom stereocenters. The second kappa shape index (κ2) is 8.20. The molecule has 0 spiro atoms. The number of carbonyl (C=O) groups is 3. The van der Waals surface area contributed by atoms with Crippen LogP contribution < -0.4 is 0 Å². The Morgan fingerprint density at radius 3 is 1.97 bits per heavy atom. The monoisotopic (exact) mass is 413 g/mol. The maximum absolute atomic E-state index is 13.1. The van der Waals surface area contributed by atoms with Gasteiger partial charge in [-0.15, -0.1) is 0 Å². The molecule has 3 amide bonds. The van der Waals surface area contributed by atoms with E-state index in [2.05, 4.69) is 4.98 Å². The molecule has 2 aliphatic rings. The van der Waals surface area contributed by atoms with Crippen LogP contribution in [-0.2, 0) is 9.59 Å². The first-order chi connectivity index (χ1) is 14.1. The first kappa shape index (κ1) is 19.4. The van der Waals surface area contributed by atoms with Crippen LogP contribution in [0, 0.1) is 4.77 Å². The Morgan fingerprint density at radius 1 is 0.793 bits per heavy atom. The van der Waals surface area contributed by atoms with E-state index in [0.717, 1.165) is 18.5 Å². The van der Waals surface area contributed by atoms with Crippen LogP contribution >= 0.6 is 12.2 Å². The quantitative estimate of drug-likeness (QED) is 0.597. The van der Waals surface area contributed by atoms with E-state index in [-0.39, 0.29) is 5.91 Å². The Balaban J connectivity index is 1.43. The second-order valence-corrected chi connectivity index (χ2v) is 7.62. The average Bonchev–Trinajstić information content (AvgIpc) is 3.43. The van der Waals surface area contributed by atoms with Gasteiger partial charge in [-0.05, 0) is 37.2 Å². The second-order valence-electron chi connectivity index (χ2n) is 7.23. The number of benzene rings is 1. The molecular weight excluding hydrogens is 390 g/mol. The van der Waals surface area contributed by atoms with E-state index in [4.69, 9.17) is 12.2 Å². The number of carbonyl (C=O) groups excluding carboxylic acids is 3. The fraction of sp³-hybridized carbons (Fsp3) is 0.400. The number of nitrogens with zero attached hydrogens (tertiary/aromatic N) is 4. The molecule has 0 atom stereocenters. The van der Waals surface area contributed by atoms with Crippen molar-refractivity contribution in [2.24, 2.45) is 0 Å². The third kappa shape index (κ3) is 3.82. The fourth-order valence-corrected chi connectivity index (χ4v) is 4.09. The first-order valence-corrected chi connectivity index (χ1v) is 10.2. The van der Waals surface area contributed by atoms with Crippen LogP contribution in [0.5, 0.6) is 0 Å². The van der Waals surface area contributed by atoms with E-state index in [1.807, 2.05) is 30.3 Å². The standard InChI is InChI=1S/C20H23N5O3S/c26-17(16-14-21-20(29)25(16)15-6-2-1-3-7-15)23-10-12-24(13-11-23)19(28)18(27)22-8-4-5-9-22/h1-3,6-7,14H,4-5,8-13H2,(H,21,29). The summed E-state index contributed by atoms with van der Waals surface area (Å²) in [6.45, 7) is 2.76. The van der Waals surface area contributed by atoms with Gasteiger partial charge >= 0.3 is 11.8 Å². The van der Waals surface area contributed by atoms with Crippen molar-refractivity contribution >= 4 is 29.9 Å². The molecule has 9 heteroatoms. The SMILES string of the molecule is O=C(C(=O)N1CCN(C(=O)c2c[nH]c(=S)n2-c2ccccc2)CC1)N1CCCC1. The van der Waals surface area contributed by atoms with Crippen molar-refractivity contribution in [2.75, 3.05) is 39.3 Å². The summed E-state index contributed by atoms with van der Waals surface area (Å²) in [6, 6.07) is 9.46. The average molecular weight is 414 g/mol. The van der Waals surface area contributed by atoms with E-state index in [0.29, 0.717) is 49.7 Å². The molecule has 2 saturated heterocycles. The molecule has 0 saturated carbocycles. The van der Waals surface area contributed by atoms with Gasteiger partial charge in [-0.25, -0.2) is 0 Å². The summed E-state index contributed by atoms with van der Waals surface area (Å²) in [4.78, 5) is 45.7. The maximum Gasteiger partial charge on any atom is 0.312 e. The normalized spacial score (nSPS) is 16.9. The number of rotatable bonds is 2. The smallest absolute Gasteiger partial charge is 0.312 e. The van der Waals surface area contributed by atoms with E-state index in [9.17, 15) is 14.4 Å². The number of amides is 3. The van der Waals surface area contributed by atoms with Crippen LogP contribution in [0.4, 0.5) is 0 Å². The molecule has 29 heavy (non-hydrogen) atoms. The number of aromatic nitrogens is 2. The van der Waals surface area contributed by atoms with Crippen LogP contribution in [0.15, 0.2) is 36.5 Å². The van der Waals surface area contributed by atoms with Crippen molar-refractivity contribution in [3.63, 3.8) is 0 Å². The Kier molecular flexibility index (Phi) is 5.48. The van der Waals surface area contributed by atoms with Crippen LogP contribution in [0.2, 0.25) is 0 Å². The van der Waals surface area contributed by atoms with Crippen LogP contribution in [0.25, 0.3) is 5.69 Å². The molecule has 3 heterocycles. The summed E-state index contributed by atoms with van der Waals surface area (Å²) in [5.74, 6) is -1.04. The van der Waals surface area contributed by atoms with Gasteiger partial charge in [0.15, 0.2) is 4.77 Å². The summed E-state index contributed by atoms with van der Waals surface area (Å²) >= 11 is 5.35. The Morgan fingerprint density at radius 2 is 1.34 bits per heavy atom. The molecule has 2 aromatic rings. The van der Waals surface area contributed by atoms with Gasteiger partial charge < -0.3 is 19.7 Å². The third-order valence-electron chi connectivity index (χ3n) is 5.44. The molecule has 0 aliphatic carbocycles. The minimum absolute atomic E-state index is 0.154. The van der Waals surface area contributed by atoms with Gasteiger partial charge in [0.25, 0.3) is 5.91 Å². The zero-order valence-electron chi connectivity index (χ0n) is 16.0. The molecule has 1 N–H and O–H groups in total. The molecule has 1 aromatic heterocycles. The van der Waals surface area contributed by atoms with Crippen molar-refractivity contribution in [3.05, 3.63) is 47.0 Å². The lowest BCUT2D eigenvalue weighted by molar-refractivity contribution is -0.152. The van der Waals surface area contributed by atoms with Crippen molar-refractivity contribution in [1.29, 1.82) is 0 Å². The van der Waals surface area contributed by atoms with Gasteiger partial charge in [0.2, 0.25) is 0 Å². The fourth-order valence-electron chi connectivity index (χ4n) is 3.82. The molecule has 2 fully saturated rings. The van der Waals surface area contributed by atoms with Crippen LogP contribution in [0.3, 0.4) is 0 Å². The van der Waals surface area contributed by atoms with E-state index >= 15 is 0 Å². The minimum atomic E-state index is -0.465. The predicted molar refractivity (Wildman–Crippen MR) is 109 cm³/mol.